The zero-order valence-corrected chi connectivity index (χ0v) is 14.4. The van der Waals surface area contributed by atoms with Crippen LogP contribution in [0.1, 0.15) is 34.7 Å². The van der Waals surface area contributed by atoms with Crippen molar-refractivity contribution >= 4 is 29.1 Å². The topological polar surface area (TPSA) is 104 Å². The third-order valence-electron chi connectivity index (χ3n) is 3.87. The van der Waals surface area contributed by atoms with Crippen LogP contribution in [0.4, 0.5) is 5.69 Å². The maximum absolute atomic E-state index is 12.3. The first-order chi connectivity index (χ1) is 12.5. The number of hydrazine groups is 1. The van der Waals surface area contributed by atoms with E-state index in [0.29, 0.717) is 22.8 Å². The van der Waals surface area contributed by atoms with Crippen LogP contribution in [0.5, 0.6) is 0 Å². The Labute approximate surface area is 149 Å². The quantitative estimate of drug-likeness (QED) is 0.821. The van der Waals surface area contributed by atoms with Gasteiger partial charge in [-0.15, -0.1) is 0 Å². The summed E-state index contributed by atoms with van der Waals surface area (Å²) in [5.41, 5.74) is 5.74. The molecule has 0 aliphatic carbocycles. The first-order valence-electron chi connectivity index (χ1n) is 8.09. The van der Waals surface area contributed by atoms with Gasteiger partial charge in [0.05, 0.1) is 11.3 Å². The molecule has 0 unspecified atom stereocenters. The molecule has 1 aliphatic heterocycles. The molecule has 26 heavy (non-hydrogen) atoms. The lowest BCUT2D eigenvalue weighted by atomic mass is 10.1. The molecule has 0 saturated heterocycles. The number of hydrogen-bond acceptors (Lipinski definition) is 5. The number of carbonyl (C=O) groups excluding carboxylic acids is 3. The standard InChI is InChI=1S/C18H18N4O4/c1-11-10-14(12(2)26-11)17(24)19-20-18(25)15-8-9-16(23)22(21-15)13-6-4-3-5-7-13/h3-7,10H,8-9H2,1-2H3,(H,19,24)(H,20,25). The molecule has 0 atom stereocenters. The van der Waals surface area contributed by atoms with E-state index >= 15 is 0 Å². The molecule has 0 bridgehead atoms. The lowest BCUT2D eigenvalue weighted by Crippen LogP contribution is -2.47. The van der Waals surface area contributed by atoms with Gasteiger partial charge in [0.25, 0.3) is 11.8 Å². The SMILES string of the molecule is Cc1cc(C(=O)NNC(=O)C2=NN(c3ccccc3)C(=O)CC2)c(C)o1. The van der Waals surface area contributed by atoms with Crippen molar-refractivity contribution in [3.63, 3.8) is 0 Å². The zero-order valence-electron chi connectivity index (χ0n) is 14.4. The van der Waals surface area contributed by atoms with Gasteiger partial charge in [-0.3, -0.25) is 25.2 Å². The Morgan fingerprint density at radius 1 is 1.08 bits per heavy atom. The second-order valence-electron chi connectivity index (χ2n) is 5.82. The van der Waals surface area contributed by atoms with E-state index in [1.54, 1.807) is 44.2 Å². The summed E-state index contributed by atoms with van der Waals surface area (Å²) in [6.07, 6.45) is 0.364. The Balaban J connectivity index is 1.68. The Morgan fingerprint density at radius 3 is 2.42 bits per heavy atom. The fourth-order valence-corrected chi connectivity index (χ4v) is 2.60. The molecule has 0 radical (unpaired) electrons. The van der Waals surface area contributed by atoms with Crippen molar-refractivity contribution in [2.75, 3.05) is 5.01 Å². The van der Waals surface area contributed by atoms with Crippen LogP contribution in [0.2, 0.25) is 0 Å². The molecule has 0 fully saturated rings. The minimum Gasteiger partial charge on any atom is -0.466 e. The highest BCUT2D eigenvalue weighted by atomic mass is 16.3. The van der Waals surface area contributed by atoms with E-state index in [-0.39, 0.29) is 24.5 Å². The molecule has 0 saturated carbocycles. The fourth-order valence-electron chi connectivity index (χ4n) is 2.60. The fraction of sp³-hybridized carbons (Fsp3) is 0.222. The highest BCUT2D eigenvalue weighted by Crippen LogP contribution is 2.19. The number of amides is 3. The second kappa shape index (κ2) is 7.22. The summed E-state index contributed by atoms with van der Waals surface area (Å²) in [6, 6.07) is 10.4. The van der Waals surface area contributed by atoms with Crippen molar-refractivity contribution in [3.05, 3.63) is 53.5 Å². The number of furan rings is 1. The number of aryl methyl sites for hydroxylation is 2. The number of para-hydroxylation sites is 1. The van der Waals surface area contributed by atoms with Gasteiger partial charge in [0.1, 0.15) is 17.2 Å². The van der Waals surface area contributed by atoms with Crippen LogP contribution in [0.3, 0.4) is 0 Å². The average Bonchev–Trinajstić information content (AvgIpc) is 2.99. The predicted molar refractivity (Wildman–Crippen MR) is 94.4 cm³/mol. The minimum absolute atomic E-state index is 0.161. The lowest BCUT2D eigenvalue weighted by molar-refractivity contribution is -0.119. The van der Waals surface area contributed by atoms with Crippen molar-refractivity contribution in [2.24, 2.45) is 5.10 Å². The normalized spacial score (nSPS) is 14.0. The molecule has 3 amide bonds. The molecular formula is C18H18N4O4. The largest absolute Gasteiger partial charge is 0.466 e. The smallest absolute Gasteiger partial charge is 0.285 e. The lowest BCUT2D eigenvalue weighted by Gasteiger charge is -2.23. The van der Waals surface area contributed by atoms with Crippen LogP contribution in [-0.2, 0) is 9.59 Å². The first-order valence-corrected chi connectivity index (χ1v) is 8.09. The number of nitrogens with zero attached hydrogens (tertiary/aromatic N) is 2. The number of hydrazone groups is 1. The van der Waals surface area contributed by atoms with Crippen molar-refractivity contribution in [2.45, 2.75) is 26.7 Å². The Hall–Kier alpha value is -3.42. The molecule has 134 valence electrons. The van der Waals surface area contributed by atoms with Crippen molar-refractivity contribution in [1.82, 2.24) is 10.9 Å². The maximum atomic E-state index is 12.3. The molecular weight excluding hydrogens is 336 g/mol. The summed E-state index contributed by atoms with van der Waals surface area (Å²) in [6.45, 7) is 3.40. The van der Waals surface area contributed by atoms with Crippen LogP contribution in [0.25, 0.3) is 0 Å². The molecule has 1 aliphatic rings. The molecule has 2 aromatic rings. The van der Waals surface area contributed by atoms with Gasteiger partial charge in [-0.25, -0.2) is 5.01 Å². The molecule has 1 aromatic heterocycles. The summed E-state index contributed by atoms with van der Waals surface area (Å²) in [5.74, 6) is -0.177. The van der Waals surface area contributed by atoms with Crippen molar-refractivity contribution < 1.29 is 18.8 Å². The number of rotatable bonds is 3. The van der Waals surface area contributed by atoms with E-state index in [0.717, 1.165) is 0 Å². The predicted octanol–water partition coefficient (Wildman–Crippen LogP) is 1.84. The Morgan fingerprint density at radius 2 is 1.77 bits per heavy atom. The summed E-state index contributed by atoms with van der Waals surface area (Å²) < 4.78 is 5.29. The molecule has 8 nitrogen and oxygen atoms in total. The maximum Gasteiger partial charge on any atom is 0.285 e. The molecule has 1 aromatic carbocycles. The minimum atomic E-state index is -0.565. The average molecular weight is 354 g/mol. The third-order valence-corrected chi connectivity index (χ3v) is 3.87. The number of carbonyl (C=O) groups is 3. The Kier molecular flexibility index (Phi) is 4.83. The van der Waals surface area contributed by atoms with E-state index in [9.17, 15) is 14.4 Å². The molecule has 0 spiro atoms. The summed E-state index contributed by atoms with van der Waals surface area (Å²) in [4.78, 5) is 36.5. The van der Waals surface area contributed by atoms with E-state index in [1.165, 1.54) is 5.01 Å². The monoisotopic (exact) mass is 354 g/mol. The third kappa shape index (κ3) is 3.64. The summed E-state index contributed by atoms with van der Waals surface area (Å²) in [7, 11) is 0. The van der Waals surface area contributed by atoms with Crippen LogP contribution >= 0.6 is 0 Å². The second-order valence-corrected chi connectivity index (χ2v) is 5.82. The van der Waals surface area contributed by atoms with E-state index in [4.69, 9.17) is 4.42 Å². The van der Waals surface area contributed by atoms with E-state index in [1.807, 2.05) is 6.07 Å². The van der Waals surface area contributed by atoms with Crippen LogP contribution in [0, 0.1) is 13.8 Å². The van der Waals surface area contributed by atoms with Crippen molar-refractivity contribution in [3.8, 4) is 0 Å². The van der Waals surface area contributed by atoms with E-state index < -0.39 is 11.8 Å². The number of nitrogens with one attached hydrogen (secondary N) is 2. The summed E-state index contributed by atoms with van der Waals surface area (Å²) in [5, 5.41) is 5.32. The van der Waals surface area contributed by atoms with Crippen LogP contribution < -0.4 is 15.9 Å². The van der Waals surface area contributed by atoms with Gasteiger partial charge in [0, 0.05) is 12.8 Å². The van der Waals surface area contributed by atoms with Crippen LogP contribution in [-0.4, -0.2) is 23.4 Å². The van der Waals surface area contributed by atoms with Gasteiger partial charge >= 0.3 is 0 Å². The van der Waals surface area contributed by atoms with Gasteiger partial charge in [-0.1, -0.05) is 18.2 Å². The number of anilines is 1. The number of benzene rings is 1. The molecule has 2 N–H and O–H groups in total. The highest BCUT2D eigenvalue weighted by molar-refractivity contribution is 6.40. The Bertz CT molecular complexity index is 886. The van der Waals surface area contributed by atoms with Crippen molar-refractivity contribution in [1.29, 1.82) is 0 Å². The highest BCUT2D eigenvalue weighted by Gasteiger charge is 2.26. The molecule has 8 heteroatoms. The molecule has 2 heterocycles. The van der Waals surface area contributed by atoms with Crippen LogP contribution in [0.15, 0.2) is 45.9 Å². The van der Waals surface area contributed by atoms with Gasteiger partial charge in [-0.05, 0) is 32.0 Å². The molecule has 3 rings (SSSR count). The van der Waals surface area contributed by atoms with Gasteiger partial charge in [0.2, 0.25) is 5.91 Å². The van der Waals surface area contributed by atoms with Gasteiger partial charge in [-0.2, -0.15) is 5.10 Å². The van der Waals surface area contributed by atoms with E-state index in [2.05, 4.69) is 16.0 Å². The van der Waals surface area contributed by atoms with Gasteiger partial charge < -0.3 is 4.42 Å². The van der Waals surface area contributed by atoms with Gasteiger partial charge in [0.15, 0.2) is 0 Å². The zero-order chi connectivity index (χ0) is 18.7. The number of hydrogen-bond donors (Lipinski definition) is 2. The summed E-state index contributed by atoms with van der Waals surface area (Å²) >= 11 is 0. The first kappa shape index (κ1) is 17.4.